The minimum atomic E-state index is 0.713. The molecule has 1 aromatic heterocycles. The van der Waals surface area contributed by atoms with E-state index in [-0.39, 0.29) is 0 Å². The maximum atomic E-state index is 3.67. The molecule has 0 amide bonds. The van der Waals surface area contributed by atoms with Gasteiger partial charge in [0.2, 0.25) is 0 Å². The van der Waals surface area contributed by atoms with Crippen molar-refractivity contribution >= 4 is 11.3 Å². The SMILES string of the molecule is CCCC1CN(CCc2ccsc2)CCCN1. The largest absolute Gasteiger partial charge is 0.313 e. The molecule has 1 fully saturated rings. The summed E-state index contributed by atoms with van der Waals surface area (Å²) in [6, 6.07) is 2.97. The average molecular weight is 252 g/mol. The van der Waals surface area contributed by atoms with Gasteiger partial charge in [-0.05, 0) is 54.7 Å². The molecule has 0 saturated carbocycles. The van der Waals surface area contributed by atoms with E-state index in [4.69, 9.17) is 0 Å². The number of hydrogen-bond acceptors (Lipinski definition) is 3. The summed E-state index contributed by atoms with van der Waals surface area (Å²) in [5.41, 5.74) is 1.50. The van der Waals surface area contributed by atoms with Crippen LogP contribution in [-0.4, -0.2) is 37.1 Å². The first kappa shape index (κ1) is 13.1. The number of nitrogens with one attached hydrogen (secondary N) is 1. The number of nitrogens with zero attached hydrogens (tertiary/aromatic N) is 1. The second kappa shape index (κ2) is 7.14. The summed E-state index contributed by atoms with van der Waals surface area (Å²) in [5.74, 6) is 0. The molecular weight excluding hydrogens is 228 g/mol. The van der Waals surface area contributed by atoms with Crippen LogP contribution in [0.25, 0.3) is 0 Å². The Hall–Kier alpha value is -0.380. The van der Waals surface area contributed by atoms with E-state index in [0.717, 1.165) is 0 Å². The van der Waals surface area contributed by atoms with E-state index < -0.39 is 0 Å². The summed E-state index contributed by atoms with van der Waals surface area (Å²) in [4.78, 5) is 2.64. The Morgan fingerprint density at radius 2 is 2.47 bits per heavy atom. The van der Waals surface area contributed by atoms with Crippen LogP contribution < -0.4 is 5.32 Å². The lowest BCUT2D eigenvalue weighted by Crippen LogP contribution is -2.38. The van der Waals surface area contributed by atoms with E-state index in [9.17, 15) is 0 Å². The van der Waals surface area contributed by atoms with Crippen LogP contribution in [0.5, 0.6) is 0 Å². The Bertz CT molecular complexity index is 297. The zero-order valence-corrected chi connectivity index (χ0v) is 11.6. The van der Waals surface area contributed by atoms with Crippen molar-refractivity contribution < 1.29 is 0 Å². The van der Waals surface area contributed by atoms with E-state index in [1.54, 1.807) is 0 Å². The Labute approximate surface area is 109 Å². The molecule has 0 bridgehead atoms. The topological polar surface area (TPSA) is 15.3 Å². The van der Waals surface area contributed by atoms with Crippen molar-refractivity contribution in [3.05, 3.63) is 22.4 Å². The lowest BCUT2D eigenvalue weighted by molar-refractivity contribution is 0.266. The van der Waals surface area contributed by atoms with Gasteiger partial charge in [0.15, 0.2) is 0 Å². The highest BCUT2D eigenvalue weighted by atomic mass is 32.1. The van der Waals surface area contributed by atoms with Crippen molar-refractivity contribution in [2.45, 2.75) is 38.6 Å². The lowest BCUT2D eigenvalue weighted by Gasteiger charge is -2.23. The van der Waals surface area contributed by atoms with Gasteiger partial charge in [0.05, 0.1) is 0 Å². The highest BCUT2D eigenvalue weighted by molar-refractivity contribution is 7.07. The minimum absolute atomic E-state index is 0.713. The third-order valence-corrected chi connectivity index (χ3v) is 4.23. The fourth-order valence-corrected chi connectivity index (χ4v) is 3.25. The van der Waals surface area contributed by atoms with E-state index >= 15 is 0 Å². The van der Waals surface area contributed by atoms with E-state index in [2.05, 4.69) is 34.0 Å². The van der Waals surface area contributed by atoms with Crippen LogP contribution >= 0.6 is 11.3 Å². The summed E-state index contributed by atoms with van der Waals surface area (Å²) >= 11 is 1.81. The maximum absolute atomic E-state index is 3.67. The molecule has 96 valence electrons. The quantitative estimate of drug-likeness (QED) is 0.867. The molecule has 0 radical (unpaired) electrons. The molecule has 2 heterocycles. The van der Waals surface area contributed by atoms with Gasteiger partial charge in [-0.3, -0.25) is 0 Å². The Morgan fingerprint density at radius 1 is 1.53 bits per heavy atom. The first-order valence-electron chi connectivity index (χ1n) is 6.85. The molecule has 0 aliphatic carbocycles. The maximum Gasteiger partial charge on any atom is 0.0194 e. The minimum Gasteiger partial charge on any atom is -0.313 e. The van der Waals surface area contributed by atoms with Crippen LogP contribution in [0, 0.1) is 0 Å². The van der Waals surface area contributed by atoms with Crippen LogP contribution in [0.4, 0.5) is 0 Å². The monoisotopic (exact) mass is 252 g/mol. The predicted octanol–water partition coefficient (Wildman–Crippen LogP) is 2.75. The molecular formula is C14H24N2S. The zero-order valence-electron chi connectivity index (χ0n) is 10.8. The summed E-state index contributed by atoms with van der Waals surface area (Å²) < 4.78 is 0. The molecule has 1 atom stereocenters. The second-order valence-corrected chi connectivity index (χ2v) is 5.76. The van der Waals surface area contributed by atoms with Gasteiger partial charge in [-0.25, -0.2) is 0 Å². The highest BCUT2D eigenvalue weighted by Gasteiger charge is 2.16. The molecule has 1 N–H and O–H groups in total. The number of rotatable bonds is 5. The molecule has 2 nitrogen and oxygen atoms in total. The predicted molar refractivity (Wildman–Crippen MR) is 75.8 cm³/mol. The van der Waals surface area contributed by atoms with Crippen LogP contribution in [0.15, 0.2) is 16.8 Å². The molecule has 0 spiro atoms. The molecule has 1 aliphatic heterocycles. The number of thiophene rings is 1. The molecule has 2 rings (SSSR count). The summed E-state index contributed by atoms with van der Waals surface area (Å²) in [7, 11) is 0. The fourth-order valence-electron chi connectivity index (χ4n) is 2.54. The average Bonchev–Trinajstić information content (AvgIpc) is 2.75. The van der Waals surface area contributed by atoms with Gasteiger partial charge in [0.1, 0.15) is 0 Å². The molecule has 1 unspecified atom stereocenters. The van der Waals surface area contributed by atoms with Crippen molar-refractivity contribution in [3.8, 4) is 0 Å². The molecule has 1 aromatic rings. The smallest absolute Gasteiger partial charge is 0.0194 e. The van der Waals surface area contributed by atoms with Crippen molar-refractivity contribution in [2.75, 3.05) is 26.2 Å². The normalized spacial score (nSPS) is 22.5. The van der Waals surface area contributed by atoms with Crippen LogP contribution in [0.1, 0.15) is 31.7 Å². The Kier molecular flexibility index (Phi) is 5.49. The van der Waals surface area contributed by atoms with Gasteiger partial charge in [0.25, 0.3) is 0 Å². The zero-order chi connectivity index (χ0) is 11.9. The summed E-state index contributed by atoms with van der Waals surface area (Å²) in [6.07, 6.45) is 5.11. The van der Waals surface area contributed by atoms with E-state index in [0.29, 0.717) is 6.04 Å². The molecule has 17 heavy (non-hydrogen) atoms. The Morgan fingerprint density at radius 3 is 3.24 bits per heavy atom. The molecule has 3 heteroatoms. The highest BCUT2D eigenvalue weighted by Crippen LogP contribution is 2.10. The van der Waals surface area contributed by atoms with Gasteiger partial charge in [0, 0.05) is 19.1 Å². The van der Waals surface area contributed by atoms with Gasteiger partial charge in [-0.15, -0.1) is 0 Å². The van der Waals surface area contributed by atoms with Crippen molar-refractivity contribution in [3.63, 3.8) is 0 Å². The van der Waals surface area contributed by atoms with Crippen molar-refractivity contribution in [2.24, 2.45) is 0 Å². The summed E-state index contributed by atoms with van der Waals surface area (Å²) in [6.45, 7) is 7.19. The molecule has 0 aromatic carbocycles. The van der Waals surface area contributed by atoms with Crippen molar-refractivity contribution in [1.29, 1.82) is 0 Å². The van der Waals surface area contributed by atoms with Crippen LogP contribution in [0.3, 0.4) is 0 Å². The van der Waals surface area contributed by atoms with E-state index in [1.165, 1.54) is 57.4 Å². The molecule has 1 aliphatic rings. The first-order chi connectivity index (χ1) is 8.38. The molecule has 1 saturated heterocycles. The van der Waals surface area contributed by atoms with Crippen LogP contribution in [0.2, 0.25) is 0 Å². The van der Waals surface area contributed by atoms with E-state index in [1.807, 2.05) is 11.3 Å². The van der Waals surface area contributed by atoms with Gasteiger partial charge in [-0.2, -0.15) is 11.3 Å². The van der Waals surface area contributed by atoms with Crippen molar-refractivity contribution in [1.82, 2.24) is 10.2 Å². The van der Waals surface area contributed by atoms with Gasteiger partial charge >= 0.3 is 0 Å². The number of hydrogen-bond donors (Lipinski definition) is 1. The van der Waals surface area contributed by atoms with Gasteiger partial charge < -0.3 is 10.2 Å². The lowest BCUT2D eigenvalue weighted by atomic mass is 10.1. The summed E-state index contributed by atoms with van der Waals surface area (Å²) in [5, 5.41) is 8.12. The third kappa shape index (κ3) is 4.41. The third-order valence-electron chi connectivity index (χ3n) is 3.50. The standard InChI is InChI=1S/C14H24N2S/c1-2-4-14-11-16(8-3-7-15-14)9-5-13-6-10-17-12-13/h6,10,12,14-15H,2-5,7-9,11H2,1H3. The van der Waals surface area contributed by atoms with Gasteiger partial charge in [-0.1, -0.05) is 13.3 Å². The first-order valence-corrected chi connectivity index (χ1v) is 7.79. The van der Waals surface area contributed by atoms with Crippen LogP contribution in [-0.2, 0) is 6.42 Å². The fraction of sp³-hybridized carbons (Fsp3) is 0.714. The Balaban J connectivity index is 1.78. The second-order valence-electron chi connectivity index (χ2n) is 4.98.